The lowest BCUT2D eigenvalue weighted by Crippen LogP contribution is -2.06. The monoisotopic (exact) mass is 232 g/mol. The van der Waals surface area contributed by atoms with Gasteiger partial charge in [-0.1, -0.05) is 6.07 Å². The van der Waals surface area contributed by atoms with Crippen LogP contribution in [0.4, 0.5) is 0 Å². The number of hydrogen-bond acceptors (Lipinski definition) is 3. The lowest BCUT2D eigenvalue weighted by molar-refractivity contribution is 0.291. The number of aromatic nitrogens is 2. The average molecular weight is 232 g/mol. The fourth-order valence-corrected chi connectivity index (χ4v) is 1.72. The minimum atomic E-state index is 0.211. The summed E-state index contributed by atoms with van der Waals surface area (Å²) < 4.78 is 7.52. The summed E-state index contributed by atoms with van der Waals surface area (Å²) in [5.74, 6) is 0.870. The summed E-state index contributed by atoms with van der Waals surface area (Å²) in [4.78, 5) is 0. The average Bonchev–Trinajstić information content (AvgIpc) is 2.67. The van der Waals surface area contributed by atoms with Crippen molar-refractivity contribution in [1.29, 1.82) is 0 Å². The zero-order chi connectivity index (χ0) is 12.3. The molecule has 0 aliphatic rings. The van der Waals surface area contributed by atoms with Crippen LogP contribution < -0.4 is 4.74 Å². The van der Waals surface area contributed by atoms with Crippen molar-refractivity contribution >= 4 is 0 Å². The van der Waals surface area contributed by atoms with E-state index in [1.54, 1.807) is 18.2 Å². The number of benzene rings is 1. The SMILES string of the molecule is CCn1nc(C)cc1COc1cccc(O)c1. The van der Waals surface area contributed by atoms with Crippen molar-refractivity contribution in [3.8, 4) is 11.5 Å². The van der Waals surface area contributed by atoms with Crippen LogP contribution in [-0.2, 0) is 13.2 Å². The molecule has 0 aliphatic carbocycles. The summed E-state index contributed by atoms with van der Waals surface area (Å²) in [5, 5.41) is 13.7. The summed E-state index contributed by atoms with van der Waals surface area (Å²) in [7, 11) is 0. The maximum absolute atomic E-state index is 9.32. The van der Waals surface area contributed by atoms with E-state index in [1.165, 1.54) is 0 Å². The van der Waals surface area contributed by atoms with E-state index in [0.29, 0.717) is 12.4 Å². The van der Waals surface area contributed by atoms with Gasteiger partial charge in [0.2, 0.25) is 0 Å². The van der Waals surface area contributed by atoms with E-state index in [9.17, 15) is 5.11 Å². The highest BCUT2D eigenvalue weighted by molar-refractivity contribution is 5.31. The topological polar surface area (TPSA) is 47.3 Å². The smallest absolute Gasteiger partial charge is 0.130 e. The molecule has 0 bridgehead atoms. The van der Waals surface area contributed by atoms with Crippen LogP contribution in [0.3, 0.4) is 0 Å². The Kier molecular flexibility index (Phi) is 3.32. The van der Waals surface area contributed by atoms with E-state index < -0.39 is 0 Å². The first-order chi connectivity index (χ1) is 8.19. The molecule has 2 rings (SSSR count). The summed E-state index contributed by atoms with van der Waals surface area (Å²) in [6, 6.07) is 8.80. The summed E-state index contributed by atoms with van der Waals surface area (Å²) in [6.07, 6.45) is 0. The molecule has 1 N–H and O–H groups in total. The molecule has 0 saturated carbocycles. The van der Waals surface area contributed by atoms with Crippen LogP contribution in [-0.4, -0.2) is 14.9 Å². The molecule has 90 valence electrons. The first-order valence-electron chi connectivity index (χ1n) is 5.64. The Morgan fingerprint density at radius 1 is 1.35 bits per heavy atom. The van der Waals surface area contributed by atoms with Crippen molar-refractivity contribution in [2.45, 2.75) is 27.0 Å². The van der Waals surface area contributed by atoms with Gasteiger partial charge < -0.3 is 9.84 Å². The largest absolute Gasteiger partial charge is 0.508 e. The molecule has 1 aromatic carbocycles. The molecule has 1 aromatic heterocycles. The molecule has 0 radical (unpaired) electrons. The van der Waals surface area contributed by atoms with Gasteiger partial charge in [-0.2, -0.15) is 5.10 Å². The Morgan fingerprint density at radius 2 is 2.18 bits per heavy atom. The molecule has 0 amide bonds. The minimum absolute atomic E-state index is 0.211. The molecule has 4 heteroatoms. The number of aromatic hydroxyl groups is 1. The van der Waals surface area contributed by atoms with Gasteiger partial charge in [0, 0.05) is 12.6 Å². The van der Waals surface area contributed by atoms with Crippen LogP contribution >= 0.6 is 0 Å². The zero-order valence-corrected chi connectivity index (χ0v) is 10.1. The van der Waals surface area contributed by atoms with Crippen molar-refractivity contribution in [2.24, 2.45) is 0 Å². The van der Waals surface area contributed by atoms with Gasteiger partial charge in [-0.15, -0.1) is 0 Å². The second-order valence-corrected chi connectivity index (χ2v) is 3.88. The van der Waals surface area contributed by atoms with Crippen molar-refractivity contribution in [1.82, 2.24) is 9.78 Å². The number of ether oxygens (including phenoxy) is 1. The molecule has 0 aliphatic heterocycles. The molecule has 2 aromatic rings. The summed E-state index contributed by atoms with van der Waals surface area (Å²) >= 11 is 0. The first-order valence-corrected chi connectivity index (χ1v) is 5.64. The molecule has 17 heavy (non-hydrogen) atoms. The van der Waals surface area contributed by atoms with E-state index in [1.807, 2.05) is 30.7 Å². The Labute approximate surface area is 100 Å². The van der Waals surface area contributed by atoms with E-state index in [4.69, 9.17) is 4.74 Å². The second kappa shape index (κ2) is 4.91. The second-order valence-electron chi connectivity index (χ2n) is 3.88. The third kappa shape index (κ3) is 2.78. The number of rotatable bonds is 4. The van der Waals surface area contributed by atoms with E-state index in [2.05, 4.69) is 5.10 Å². The third-order valence-corrected chi connectivity index (χ3v) is 2.49. The maximum Gasteiger partial charge on any atom is 0.130 e. The van der Waals surface area contributed by atoms with Crippen molar-refractivity contribution in [2.75, 3.05) is 0 Å². The van der Waals surface area contributed by atoms with Crippen LogP contribution in [0.1, 0.15) is 18.3 Å². The van der Waals surface area contributed by atoms with Gasteiger partial charge in [0.05, 0.1) is 11.4 Å². The normalized spacial score (nSPS) is 10.5. The zero-order valence-electron chi connectivity index (χ0n) is 10.1. The van der Waals surface area contributed by atoms with Gasteiger partial charge in [-0.05, 0) is 32.0 Å². The Balaban J connectivity index is 2.06. The number of phenols is 1. The van der Waals surface area contributed by atoms with Gasteiger partial charge in [-0.25, -0.2) is 0 Å². The Hall–Kier alpha value is -1.97. The van der Waals surface area contributed by atoms with Gasteiger partial charge in [0.25, 0.3) is 0 Å². The minimum Gasteiger partial charge on any atom is -0.508 e. The Morgan fingerprint density at radius 3 is 2.88 bits per heavy atom. The van der Waals surface area contributed by atoms with Crippen LogP contribution in [0.2, 0.25) is 0 Å². The van der Waals surface area contributed by atoms with Gasteiger partial charge in [0.15, 0.2) is 0 Å². The highest BCUT2D eigenvalue weighted by Crippen LogP contribution is 2.19. The molecule has 0 saturated heterocycles. The molecule has 1 heterocycles. The van der Waals surface area contributed by atoms with Gasteiger partial charge in [-0.3, -0.25) is 4.68 Å². The van der Waals surface area contributed by atoms with Crippen molar-refractivity contribution < 1.29 is 9.84 Å². The first kappa shape index (κ1) is 11.5. The van der Waals surface area contributed by atoms with Crippen LogP contribution in [0.15, 0.2) is 30.3 Å². The van der Waals surface area contributed by atoms with Crippen molar-refractivity contribution in [3.63, 3.8) is 0 Å². The standard InChI is InChI=1S/C13H16N2O2/c1-3-15-11(7-10(2)14-15)9-17-13-6-4-5-12(16)8-13/h4-8,16H,3,9H2,1-2H3. The van der Waals surface area contributed by atoms with Crippen molar-refractivity contribution in [3.05, 3.63) is 41.7 Å². The van der Waals surface area contributed by atoms with Crippen LogP contribution in [0, 0.1) is 6.92 Å². The maximum atomic E-state index is 9.32. The summed E-state index contributed by atoms with van der Waals surface area (Å²) in [5.41, 5.74) is 2.02. The van der Waals surface area contributed by atoms with E-state index in [-0.39, 0.29) is 5.75 Å². The van der Waals surface area contributed by atoms with Gasteiger partial charge in [0.1, 0.15) is 18.1 Å². The highest BCUT2D eigenvalue weighted by Gasteiger charge is 2.04. The number of hydrogen-bond donors (Lipinski definition) is 1. The lowest BCUT2D eigenvalue weighted by Gasteiger charge is -2.07. The predicted octanol–water partition coefficient (Wildman–Crippen LogP) is 2.50. The highest BCUT2D eigenvalue weighted by atomic mass is 16.5. The van der Waals surface area contributed by atoms with Crippen LogP contribution in [0.25, 0.3) is 0 Å². The molecule has 0 spiro atoms. The number of aryl methyl sites for hydroxylation is 2. The molecule has 0 fully saturated rings. The molecule has 0 unspecified atom stereocenters. The molecular formula is C13H16N2O2. The summed E-state index contributed by atoms with van der Waals surface area (Å²) in [6.45, 7) is 5.29. The number of nitrogens with zero attached hydrogens (tertiary/aromatic N) is 2. The third-order valence-electron chi connectivity index (χ3n) is 2.49. The fraction of sp³-hybridized carbons (Fsp3) is 0.308. The van der Waals surface area contributed by atoms with E-state index >= 15 is 0 Å². The van der Waals surface area contributed by atoms with E-state index in [0.717, 1.165) is 17.9 Å². The van der Waals surface area contributed by atoms with Gasteiger partial charge >= 0.3 is 0 Å². The fourth-order valence-electron chi connectivity index (χ4n) is 1.72. The predicted molar refractivity (Wildman–Crippen MR) is 65.1 cm³/mol. The quantitative estimate of drug-likeness (QED) is 0.881. The Bertz CT molecular complexity index is 506. The molecule has 4 nitrogen and oxygen atoms in total. The molecular weight excluding hydrogens is 216 g/mol. The number of phenolic OH excluding ortho intramolecular Hbond substituents is 1. The molecule has 0 atom stereocenters. The lowest BCUT2D eigenvalue weighted by atomic mass is 10.3. The van der Waals surface area contributed by atoms with Crippen LogP contribution in [0.5, 0.6) is 11.5 Å².